The fourth-order valence-corrected chi connectivity index (χ4v) is 5.46. The Morgan fingerprint density at radius 3 is 2.49 bits per heavy atom. The molecule has 5 heterocycles. The molecule has 39 heavy (non-hydrogen) atoms. The second-order valence-corrected chi connectivity index (χ2v) is 10.5. The molecule has 1 fully saturated rings. The van der Waals surface area contributed by atoms with E-state index in [0.717, 1.165) is 88.1 Å². The number of aryl methyl sites for hydroxylation is 2. The van der Waals surface area contributed by atoms with Gasteiger partial charge in [0.15, 0.2) is 0 Å². The van der Waals surface area contributed by atoms with Crippen LogP contribution in [0.15, 0.2) is 48.9 Å². The zero-order chi connectivity index (χ0) is 27.1. The van der Waals surface area contributed by atoms with E-state index in [0.29, 0.717) is 5.69 Å². The number of nitriles is 1. The van der Waals surface area contributed by atoms with E-state index >= 15 is 0 Å². The lowest BCUT2D eigenvalue weighted by Gasteiger charge is -2.38. The number of methoxy groups -OCH3 is 1. The summed E-state index contributed by atoms with van der Waals surface area (Å²) >= 11 is 0. The molecular weight excluding hydrogens is 488 g/mol. The Morgan fingerprint density at radius 1 is 1.00 bits per heavy atom. The highest BCUT2D eigenvalue weighted by Gasteiger charge is 2.36. The zero-order valence-corrected chi connectivity index (χ0v) is 22.5. The summed E-state index contributed by atoms with van der Waals surface area (Å²) in [5.41, 5.74) is 7.21. The summed E-state index contributed by atoms with van der Waals surface area (Å²) in [7, 11) is 1.70. The Labute approximate surface area is 226 Å². The van der Waals surface area contributed by atoms with Crippen LogP contribution in [0.25, 0.3) is 33.5 Å². The predicted molar refractivity (Wildman–Crippen MR) is 151 cm³/mol. The number of pyridine rings is 1. The van der Waals surface area contributed by atoms with Gasteiger partial charge < -0.3 is 19.6 Å². The highest BCUT2D eigenvalue weighted by atomic mass is 16.5. The highest BCUT2D eigenvalue weighted by molar-refractivity contribution is 5.91. The molecule has 1 aromatic carbocycles. The van der Waals surface area contributed by atoms with Crippen LogP contribution in [0, 0.1) is 25.2 Å². The molecular formula is C30H30N8O. The number of nitrogens with one attached hydrogen (secondary N) is 2. The molecule has 0 saturated carbocycles. The molecule has 0 radical (unpaired) electrons. The van der Waals surface area contributed by atoms with E-state index in [-0.39, 0.29) is 5.41 Å². The maximum Gasteiger partial charge on any atom is 0.143 e. The fraction of sp³-hybridized carbons (Fsp3) is 0.300. The summed E-state index contributed by atoms with van der Waals surface area (Å²) in [5.74, 6) is 2.85. The lowest BCUT2D eigenvalue weighted by Crippen LogP contribution is -2.42. The monoisotopic (exact) mass is 518 g/mol. The van der Waals surface area contributed by atoms with Gasteiger partial charge in [-0.25, -0.2) is 19.9 Å². The molecule has 2 N–H and O–H groups in total. The third kappa shape index (κ3) is 4.38. The second-order valence-electron chi connectivity index (χ2n) is 10.5. The van der Waals surface area contributed by atoms with Gasteiger partial charge in [0.1, 0.15) is 41.1 Å². The molecule has 0 bridgehead atoms. The molecule has 1 aliphatic heterocycles. The minimum atomic E-state index is -0.0648. The van der Waals surface area contributed by atoms with Crippen LogP contribution in [0.5, 0.6) is 5.75 Å². The Hall–Kier alpha value is -4.71. The van der Waals surface area contributed by atoms with Crippen molar-refractivity contribution in [2.45, 2.75) is 39.0 Å². The molecule has 6 rings (SSSR count). The summed E-state index contributed by atoms with van der Waals surface area (Å²) in [6.45, 7) is 8.15. The van der Waals surface area contributed by atoms with E-state index < -0.39 is 0 Å². The van der Waals surface area contributed by atoms with Crippen LogP contribution in [0.1, 0.15) is 42.5 Å². The number of anilines is 1. The van der Waals surface area contributed by atoms with Crippen molar-refractivity contribution in [3.8, 4) is 34.3 Å². The topological polar surface area (TPSA) is 119 Å². The van der Waals surface area contributed by atoms with Gasteiger partial charge in [0.05, 0.1) is 23.9 Å². The number of fused-ring (bicyclic) bond motifs is 1. The van der Waals surface area contributed by atoms with Crippen LogP contribution in [-0.4, -0.2) is 50.1 Å². The zero-order valence-electron chi connectivity index (χ0n) is 22.5. The maximum absolute atomic E-state index is 9.04. The molecule has 0 unspecified atom stereocenters. The third-order valence-corrected chi connectivity index (χ3v) is 7.90. The molecule has 0 aliphatic carbocycles. The lowest BCUT2D eigenvalue weighted by molar-refractivity contribution is 0.345. The molecule has 4 aromatic heterocycles. The van der Waals surface area contributed by atoms with E-state index in [1.165, 1.54) is 0 Å². The first kappa shape index (κ1) is 24.6. The van der Waals surface area contributed by atoms with Crippen molar-refractivity contribution in [2.24, 2.45) is 0 Å². The summed E-state index contributed by atoms with van der Waals surface area (Å²) in [5, 5.41) is 10.0. The van der Waals surface area contributed by atoms with Crippen LogP contribution in [0.3, 0.4) is 0 Å². The van der Waals surface area contributed by atoms with Crippen molar-refractivity contribution < 1.29 is 4.74 Å². The van der Waals surface area contributed by atoms with Crippen molar-refractivity contribution >= 4 is 16.9 Å². The average Bonchev–Trinajstić information content (AvgIpc) is 3.58. The molecule has 0 atom stereocenters. The number of hydrogen-bond acceptors (Lipinski definition) is 7. The summed E-state index contributed by atoms with van der Waals surface area (Å²) in [6, 6.07) is 14.0. The molecule has 0 amide bonds. The van der Waals surface area contributed by atoms with Gasteiger partial charge in [0.25, 0.3) is 0 Å². The number of hydrogen-bond donors (Lipinski definition) is 2. The van der Waals surface area contributed by atoms with Gasteiger partial charge in [-0.05, 0) is 68.7 Å². The van der Waals surface area contributed by atoms with Gasteiger partial charge >= 0.3 is 0 Å². The Balaban J connectivity index is 1.23. The Morgan fingerprint density at radius 2 is 1.79 bits per heavy atom. The average molecular weight is 519 g/mol. The Kier molecular flexibility index (Phi) is 6.03. The van der Waals surface area contributed by atoms with Crippen LogP contribution in [-0.2, 0) is 5.41 Å². The van der Waals surface area contributed by atoms with Crippen molar-refractivity contribution in [1.29, 1.82) is 5.26 Å². The summed E-state index contributed by atoms with van der Waals surface area (Å²) < 4.78 is 5.43. The SMILES string of the molecule is COc1ccc(-c2[nH]c(C3(C)CCN(c4ncnc5[nH]c(-c6ccc(C#N)nc6)cc45)CC3)nc2C)cc1C. The molecule has 9 nitrogen and oxygen atoms in total. The first-order valence-corrected chi connectivity index (χ1v) is 13.1. The Bertz CT molecular complexity index is 1700. The van der Waals surface area contributed by atoms with Crippen LogP contribution in [0.4, 0.5) is 5.82 Å². The molecule has 5 aromatic rings. The van der Waals surface area contributed by atoms with Gasteiger partial charge in [-0.15, -0.1) is 0 Å². The predicted octanol–water partition coefficient (Wildman–Crippen LogP) is 5.47. The number of benzene rings is 1. The molecule has 0 spiro atoms. The van der Waals surface area contributed by atoms with Crippen molar-refractivity contribution in [3.63, 3.8) is 0 Å². The molecule has 196 valence electrons. The summed E-state index contributed by atoms with van der Waals surface area (Å²) in [4.78, 5) is 27.7. The number of rotatable bonds is 5. The van der Waals surface area contributed by atoms with Gasteiger partial charge in [-0.2, -0.15) is 5.26 Å². The lowest BCUT2D eigenvalue weighted by atomic mass is 9.79. The van der Waals surface area contributed by atoms with Crippen molar-refractivity contribution in [3.05, 3.63) is 71.7 Å². The number of aromatic amines is 2. The van der Waals surface area contributed by atoms with Gasteiger partial charge in [0, 0.05) is 41.5 Å². The van der Waals surface area contributed by atoms with Crippen LogP contribution in [0.2, 0.25) is 0 Å². The number of ether oxygens (including phenoxy) is 1. The van der Waals surface area contributed by atoms with Gasteiger partial charge in [0.2, 0.25) is 0 Å². The maximum atomic E-state index is 9.04. The summed E-state index contributed by atoms with van der Waals surface area (Å²) in [6.07, 6.45) is 5.21. The minimum absolute atomic E-state index is 0.0648. The fourth-order valence-electron chi connectivity index (χ4n) is 5.46. The first-order chi connectivity index (χ1) is 18.9. The second kappa shape index (κ2) is 9.55. The standard InChI is InChI=1S/C30H30N8O/c1-18-13-20(6-8-25(18)39-4)26-19(2)35-29(37-26)30(3)9-11-38(12-10-30)28-23-14-24(36-27(23)33-17-34-28)21-5-7-22(15-31)32-16-21/h5-8,13-14,16-17H,9-12H2,1-4H3,(H,35,37)(H,33,34,36). The molecule has 1 aliphatic rings. The van der Waals surface area contributed by atoms with Crippen molar-refractivity contribution in [1.82, 2.24) is 29.9 Å². The van der Waals surface area contributed by atoms with Crippen LogP contribution < -0.4 is 9.64 Å². The number of aromatic nitrogens is 6. The number of imidazole rings is 1. The first-order valence-electron chi connectivity index (χ1n) is 13.1. The van der Waals surface area contributed by atoms with Gasteiger partial charge in [-0.1, -0.05) is 6.92 Å². The van der Waals surface area contributed by atoms with E-state index in [4.69, 9.17) is 15.0 Å². The van der Waals surface area contributed by atoms with Crippen molar-refractivity contribution in [2.75, 3.05) is 25.1 Å². The van der Waals surface area contributed by atoms with Crippen LogP contribution >= 0.6 is 0 Å². The highest BCUT2D eigenvalue weighted by Crippen LogP contribution is 2.38. The largest absolute Gasteiger partial charge is 0.496 e. The number of piperidine rings is 1. The normalized spacial score (nSPS) is 14.9. The van der Waals surface area contributed by atoms with E-state index in [1.807, 2.05) is 12.1 Å². The minimum Gasteiger partial charge on any atom is -0.496 e. The third-order valence-electron chi connectivity index (χ3n) is 7.90. The van der Waals surface area contributed by atoms with Gasteiger partial charge in [-0.3, -0.25) is 0 Å². The van der Waals surface area contributed by atoms with E-state index in [2.05, 4.69) is 74.9 Å². The molecule has 9 heteroatoms. The molecule has 1 saturated heterocycles. The van der Waals surface area contributed by atoms with E-state index in [9.17, 15) is 0 Å². The number of nitrogens with zero attached hydrogens (tertiary/aromatic N) is 6. The number of H-pyrrole nitrogens is 2. The van der Waals surface area contributed by atoms with E-state index in [1.54, 1.807) is 25.7 Å². The smallest absolute Gasteiger partial charge is 0.143 e. The quantitative estimate of drug-likeness (QED) is 0.317.